The maximum Gasteiger partial charge on any atom is 0.260 e. The van der Waals surface area contributed by atoms with Gasteiger partial charge in [-0.05, 0) is 67.6 Å². The second-order valence-corrected chi connectivity index (χ2v) is 12.9. The summed E-state index contributed by atoms with van der Waals surface area (Å²) < 4.78 is 17.2. The van der Waals surface area contributed by atoms with Crippen molar-refractivity contribution < 1.29 is 38.5 Å². The van der Waals surface area contributed by atoms with Gasteiger partial charge in [-0.2, -0.15) is 0 Å². The Hall–Kier alpha value is -4.74. The lowest BCUT2D eigenvalue weighted by atomic mass is 9.61. The van der Waals surface area contributed by atoms with Crippen LogP contribution in [0.25, 0.3) is 0 Å². The van der Waals surface area contributed by atoms with Crippen LogP contribution < -0.4 is 20.1 Å². The quantitative estimate of drug-likeness (QED) is 0.232. The van der Waals surface area contributed by atoms with E-state index >= 15 is 0 Å². The highest BCUT2D eigenvalue weighted by atomic mass is 16.5. The number of aryl methyl sites for hydroxylation is 2. The van der Waals surface area contributed by atoms with Gasteiger partial charge in [-0.25, -0.2) is 0 Å². The fourth-order valence-electron chi connectivity index (χ4n) is 6.98. The van der Waals surface area contributed by atoms with Crippen molar-refractivity contribution in [1.29, 1.82) is 0 Å². The SMILES string of the molecule is CCOc1cc(C2C(C(=O)Nc3ccccc3CC)C(=O)CC(C)(O)C2C(=O)Nc2ccccc2CC)ccc1OCC(=O)N1CCOCC1. The Labute approximate surface area is 293 Å². The van der Waals surface area contributed by atoms with Gasteiger partial charge in [0, 0.05) is 36.8 Å². The van der Waals surface area contributed by atoms with Crippen molar-refractivity contribution in [2.75, 3.05) is 50.2 Å². The van der Waals surface area contributed by atoms with Crippen LogP contribution in [0.5, 0.6) is 11.5 Å². The molecule has 1 saturated heterocycles. The molecule has 0 bridgehead atoms. The first-order valence-corrected chi connectivity index (χ1v) is 17.4. The van der Waals surface area contributed by atoms with E-state index in [9.17, 15) is 24.3 Å². The number of benzene rings is 3. The molecule has 1 aliphatic carbocycles. The summed E-state index contributed by atoms with van der Waals surface area (Å²) in [6.07, 6.45) is 0.921. The van der Waals surface area contributed by atoms with Crippen LogP contribution in [0.4, 0.5) is 11.4 Å². The first-order valence-electron chi connectivity index (χ1n) is 17.4. The zero-order valence-electron chi connectivity index (χ0n) is 29.2. The fourth-order valence-corrected chi connectivity index (χ4v) is 6.98. The van der Waals surface area contributed by atoms with Crippen molar-refractivity contribution in [3.63, 3.8) is 0 Å². The van der Waals surface area contributed by atoms with E-state index in [0.29, 0.717) is 61.8 Å². The lowest BCUT2D eigenvalue weighted by molar-refractivity contribution is -0.151. The number of carbonyl (C=O) groups excluding carboxylic acids is 4. The normalized spacial score (nSPS) is 22.1. The molecule has 3 N–H and O–H groups in total. The molecule has 11 nitrogen and oxygen atoms in total. The van der Waals surface area contributed by atoms with Gasteiger partial charge in [-0.15, -0.1) is 0 Å². The fraction of sp³-hybridized carbons (Fsp3) is 0.436. The molecule has 0 aromatic heterocycles. The first kappa shape index (κ1) is 36.5. The Morgan fingerprint density at radius 3 is 2.06 bits per heavy atom. The minimum atomic E-state index is -1.80. The number of aliphatic hydroxyl groups is 1. The van der Waals surface area contributed by atoms with Crippen molar-refractivity contribution in [3.8, 4) is 11.5 Å². The molecule has 266 valence electrons. The van der Waals surface area contributed by atoms with Crippen LogP contribution in [0, 0.1) is 11.8 Å². The maximum absolute atomic E-state index is 14.4. The third-order valence-electron chi connectivity index (χ3n) is 9.51. The van der Waals surface area contributed by atoms with Gasteiger partial charge in [0.15, 0.2) is 18.1 Å². The third kappa shape index (κ3) is 8.17. The molecule has 3 amide bonds. The van der Waals surface area contributed by atoms with Crippen molar-refractivity contribution in [2.45, 2.75) is 58.5 Å². The van der Waals surface area contributed by atoms with E-state index in [1.807, 2.05) is 44.2 Å². The zero-order chi connectivity index (χ0) is 35.8. The zero-order valence-corrected chi connectivity index (χ0v) is 29.2. The monoisotopic (exact) mass is 685 g/mol. The number of hydrogen-bond acceptors (Lipinski definition) is 8. The van der Waals surface area contributed by atoms with E-state index in [2.05, 4.69) is 10.6 Å². The molecule has 1 heterocycles. The highest BCUT2D eigenvalue weighted by Gasteiger charge is 2.56. The summed E-state index contributed by atoms with van der Waals surface area (Å²) in [5, 5.41) is 17.8. The van der Waals surface area contributed by atoms with Gasteiger partial charge in [0.1, 0.15) is 11.7 Å². The number of ketones is 1. The summed E-state index contributed by atoms with van der Waals surface area (Å²) in [7, 11) is 0. The maximum atomic E-state index is 14.4. The number of anilines is 2. The van der Waals surface area contributed by atoms with Crippen LogP contribution in [-0.4, -0.2) is 78.6 Å². The predicted octanol–water partition coefficient (Wildman–Crippen LogP) is 4.76. The second kappa shape index (κ2) is 16.3. The molecule has 2 fully saturated rings. The highest BCUT2D eigenvalue weighted by molar-refractivity contribution is 6.10. The third-order valence-corrected chi connectivity index (χ3v) is 9.51. The van der Waals surface area contributed by atoms with Crippen LogP contribution in [0.2, 0.25) is 0 Å². The van der Waals surface area contributed by atoms with E-state index in [1.54, 1.807) is 48.2 Å². The molecule has 2 aliphatic rings. The largest absolute Gasteiger partial charge is 0.490 e. The topological polar surface area (TPSA) is 144 Å². The summed E-state index contributed by atoms with van der Waals surface area (Å²) in [5.41, 5.74) is 1.60. The number of hydrogen-bond donors (Lipinski definition) is 3. The molecule has 0 spiro atoms. The molecule has 3 aromatic rings. The molecular weight excluding hydrogens is 638 g/mol. The van der Waals surface area contributed by atoms with Gasteiger partial charge in [-0.3, -0.25) is 19.2 Å². The van der Waals surface area contributed by atoms with Crippen LogP contribution in [0.15, 0.2) is 66.7 Å². The average Bonchev–Trinajstić information content (AvgIpc) is 3.11. The molecule has 4 atom stereocenters. The molecule has 1 saturated carbocycles. The molecule has 4 unspecified atom stereocenters. The molecule has 0 radical (unpaired) electrons. The Kier molecular flexibility index (Phi) is 11.9. The minimum absolute atomic E-state index is 0.193. The summed E-state index contributed by atoms with van der Waals surface area (Å²) in [6, 6.07) is 19.7. The van der Waals surface area contributed by atoms with Gasteiger partial charge in [0.05, 0.1) is 31.3 Å². The number of morpholine rings is 1. The summed E-state index contributed by atoms with van der Waals surface area (Å²) in [6.45, 7) is 9.14. The Balaban J connectivity index is 1.55. The Morgan fingerprint density at radius 1 is 0.860 bits per heavy atom. The molecule has 1 aliphatic heterocycles. The lowest BCUT2D eigenvalue weighted by Crippen LogP contribution is -2.56. The standard InChI is InChI=1S/C39H47N3O8/c1-5-25-12-8-10-14-28(25)40-37(45)35-30(43)23-39(4,47)36(38(46)41-29-15-11-9-13-26(29)6-2)34(35)27-16-17-31(32(22-27)49-7-3)50-24-33(44)42-18-20-48-21-19-42/h8-17,22,34-36,47H,5-7,18-21,23-24H2,1-4H3,(H,40,45)(H,41,46). The summed E-state index contributed by atoms with van der Waals surface area (Å²) in [4.78, 5) is 57.0. The predicted molar refractivity (Wildman–Crippen MR) is 189 cm³/mol. The van der Waals surface area contributed by atoms with E-state index in [0.717, 1.165) is 11.1 Å². The van der Waals surface area contributed by atoms with Crippen LogP contribution in [0.3, 0.4) is 0 Å². The van der Waals surface area contributed by atoms with Gasteiger partial charge in [0.25, 0.3) is 5.91 Å². The van der Waals surface area contributed by atoms with Crippen LogP contribution in [0.1, 0.15) is 56.7 Å². The van der Waals surface area contributed by atoms with Crippen molar-refractivity contribution in [2.24, 2.45) is 11.8 Å². The summed E-state index contributed by atoms with van der Waals surface area (Å²) >= 11 is 0. The Bertz CT molecular complexity index is 1700. The average molecular weight is 686 g/mol. The lowest BCUT2D eigenvalue weighted by Gasteiger charge is -2.44. The molecule has 3 aromatic carbocycles. The van der Waals surface area contributed by atoms with Gasteiger partial charge in [-0.1, -0.05) is 56.3 Å². The number of carbonyl (C=O) groups is 4. The van der Waals surface area contributed by atoms with Crippen LogP contribution >= 0.6 is 0 Å². The number of Topliss-reactive ketones (excluding diaryl/α,β-unsaturated/α-hetero) is 1. The summed E-state index contributed by atoms with van der Waals surface area (Å²) in [5.74, 6) is -4.82. The number of para-hydroxylation sites is 2. The van der Waals surface area contributed by atoms with Gasteiger partial charge < -0.3 is 34.9 Å². The number of rotatable bonds is 12. The number of nitrogens with zero attached hydrogens (tertiary/aromatic N) is 1. The molecule has 5 rings (SSSR count). The Morgan fingerprint density at radius 2 is 1.46 bits per heavy atom. The number of amides is 3. The smallest absolute Gasteiger partial charge is 0.260 e. The molecule has 11 heteroatoms. The molecular formula is C39H47N3O8. The second-order valence-electron chi connectivity index (χ2n) is 12.9. The van der Waals surface area contributed by atoms with Crippen molar-refractivity contribution in [3.05, 3.63) is 83.4 Å². The van der Waals surface area contributed by atoms with Gasteiger partial charge in [0.2, 0.25) is 11.8 Å². The molecule has 50 heavy (non-hydrogen) atoms. The van der Waals surface area contributed by atoms with E-state index in [4.69, 9.17) is 14.2 Å². The van der Waals surface area contributed by atoms with E-state index < -0.39 is 47.4 Å². The van der Waals surface area contributed by atoms with Crippen molar-refractivity contribution in [1.82, 2.24) is 4.90 Å². The number of ether oxygens (including phenoxy) is 3. The number of nitrogens with one attached hydrogen (secondary N) is 2. The highest BCUT2D eigenvalue weighted by Crippen LogP contribution is 2.48. The van der Waals surface area contributed by atoms with E-state index in [-0.39, 0.29) is 24.9 Å². The van der Waals surface area contributed by atoms with Gasteiger partial charge >= 0.3 is 0 Å². The van der Waals surface area contributed by atoms with E-state index in [1.165, 1.54) is 6.92 Å². The van der Waals surface area contributed by atoms with Crippen LogP contribution in [-0.2, 0) is 36.8 Å². The first-order chi connectivity index (χ1) is 24.1. The minimum Gasteiger partial charge on any atom is -0.490 e. The van der Waals surface area contributed by atoms with Crippen molar-refractivity contribution >= 4 is 34.9 Å².